The van der Waals surface area contributed by atoms with Gasteiger partial charge in [0.05, 0.1) is 0 Å². The van der Waals surface area contributed by atoms with E-state index in [1.54, 1.807) is 0 Å². The summed E-state index contributed by atoms with van der Waals surface area (Å²) in [6.45, 7) is 5.91. The van der Waals surface area contributed by atoms with E-state index in [0.29, 0.717) is 0 Å². The van der Waals surface area contributed by atoms with Crippen LogP contribution in [-0.2, 0) is 0 Å². The van der Waals surface area contributed by atoms with Gasteiger partial charge in [-0.2, -0.15) is 0 Å². The van der Waals surface area contributed by atoms with Crippen LogP contribution in [0.3, 0.4) is 0 Å². The van der Waals surface area contributed by atoms with Crippen molar-refractivity contribution in [3.8, 4) is 0 Å². The third-order valence-corrected chi connectivity index (χ3v) is 3.30. The molecule has 1 atom stereocenters. The molecule has 4 N–H and O–H groups in total. The lowest BCUT2D eigenvalue weighted by Crippen LogP contribution is -2.20. The third-order valence-electron chi connectivity index (χ3n) is 3.30. The first kappa shape index (κ1) is 15.1. The molecule has 21 heavy (non-hydrogen) atoms. The molecule has 2 rings (SSSR count). The summed E-state index contributed by atoms with van der Waals surface area (Å²) in [5.74, 6) is 0. The standard InChI is InChI=1S/C17H21N3O/c1-11-7-8-16(12(2)9-11)20-17(21)19-15-6-4-5-14(10-15)13(3)18/h4-10,13H,18H2,1-3H3,(H2,19,20,21). The highest BCUT2D eigenvalue weighted by Gasteiger charge is 2.06. The van der Waals surface area contributed by atoms with Crippen LogP contribution in [0, 0.1) is 13.8 Å². The van der Waals surface area contributed by atoms with Crippen molar-refractivity contribution >= 4 is 17.4 Å². The molecule has 4 heteroatoms. The van der Waals surface area contributed by atoms with Gasteiger partial charge in [-0.25, -0.2) is 4.79 Å². The molecule has 0 aromatic heterocycles. The number of nitrogens with one attached hydrogen (secondary N) is 2. The van der Waals surface area contributed by atoms with Gasteiger partial charge >= 0.3 is 6.03 Å². The Balaban J connectivity index is 2.06. The Kier molecular flexibility index (Phi) is 4.60. The molecule has 0 bridgehead atoms. The fraction of sp³-hybridized carbons (Fsp3) is 0.235. The van der Waals surface area contributed by atoms with Crippen molar-refractivity contribution in [3.05, 3.63) is 59.2 Å². The highest BCUT2D eigenvalue weighted by Crippen LogP contribution is 2.18. The summed E-state index contributed by atoms with van der Waals surface area (Å²) in [6, 6.07) is 13.1. The van der Waals surface area contributed by atoms with Crippen molar-refractivity contribution in [2.24, 2.45) is 5.73 Å². The van der Waals surface area contributed by atoms with E-state index in [1.165, 1.54) is 5.56 Å². The first-order chi connectivity index (χ1) is 9.95. The molecule has 0 saturated heterocycles. The van der Waals surface area contributed by atoms with Crippen LogP contribution in [0.2, 0.25) is 0 Å². The maximum absolute atomic E-state index is 12.0. The third kappa shape index (κ3) is 4.07. The van der Waals surface area contributed by atoms with E-state index in [-0.39, 0.29) is 12.1 Å². The molecule has 0 aliphatic carbocycles. The molecule has 0 aliphatic rings. The van der Waals surface area contributed by atoms with Gasteiger partial charge in [-0.3, -0.25) is 0 Å². The van der Waals surface area contributed by atoms with Crippen LogP contribution in [0.15, 0.2) is 42.5 Å². The minimum Gasteiger partial charge on any atom is -0.324 e. The number of benzene rings is 2. The largest absolute Gasteiger partial charge is 0.324 e. The quantitative estimate of drug-likeness (QED) is 0.798. The Morgan fingerprint density at radius 2 is 1.86 bits per heavy atom. The minimum atomic E-state index is -0.260. The smallest absolute Gasteiger partial charge is 0.323 e. The van der Waals surface area contributed by atoms with Crippen LogP contribution in [0.4, 0.5) is 16.2 Å². The topological polar surface area (TPSA) is 67.2 Å². The molecular weight excluding hydrogens is 262 g/mol. The number of aryl methyl sites for hydroxylation is 2. The van der Waals surface area contributed by atoms with Gasteiger partial charge in [0, 0.05) is 17.4 Å². The van der Waals surface area contributed by atoms with Crippen molar-refractivity contribution in [3.63, 3.8) is 0 Å². The number of carbonyl (C=O) groups excluding carboxylic acids is 1. The summed E-state index contributed by atoms with van der Waals surface area (Å²) < 4.78 is 0. The van der Waals surface area contributed by atoms with E-state index in [0.717, 1.165) is 22.5 Å². The molecular formula is C17H21N3O. The Labute approximate surface area is 125 Å². The Morgan fingerprint density at radius 1 is 1.10 bits per heavy atom. The number of nitrogens with two attached hydrogens (primary N) is 1. The van der Waals surface area contributed by atoms with Crippen molar-refractivity contribution in [1.82, 2.24) is 0 Å². The average molecular weight is 283 g/mol. The van der Waals surface area contributed by atoms with Crippen molar-refractivity contribution in [2.75, 3.05) is 10.6 Å². The fourth-order valence-corrected chi connectivity index (χ4v) is 2.14. The van der Waals surface area contributed by atoms with Gasteiger partial charge < -0.3 is 16.4 Å². The van der Waals surface area contributed by atoms with Crippen LogP contribution in [-0.4, -0.2) is 6.03 Å². The number of urea groups is 1. The molecule has 0 spiro atoms. The molecule has 0 saturated carbocycles. The molecule has 0 aliphatic heterocycles. The summed E-state index contributed by atoms with van der Waals surface area (Å²) in [5.41, 5.74) is 10.6. The lowest BCUT2D eigenvalue weighted by molar-refractivity contribution is 0.262. The first-order valence-electron chi connectivity index (χ1n) is 6.96. The predicted molar refractivity (Wildman–Crippen MR) is 87.6 cm³/mol. The van der Waals surface area contributed by atoms with Gasteiger partial charge in [0.15, 0.2) is 0 Å². The second kappa shape index (κ2) is 6.41. The van der Waals surface area contributed by atoms with Crippen LogP contribution in [0.1, 0.15) is 29.7 Å². The SMILES string of the molecule is Cc1ccc(NC(=O)Nc2cccc(C(C)N)c2)c(C)c1. The van der Waals surface area contributed by atoms with Crippen molar-refractivity contribution in [1.29, 1.82) is 0 Å². The molecule has 0 radical (unpaired) electrons. The zero-order valence-corrected chi connectivity index (χ0v) is 12.6. The molecule has 110 valence electrons. The number of rotatable bonds is 3. The number of carbonyl (C=O) groups is 1. The van der Waals surface area contributed by atoms with Gasteiger partial charge in [-0.05, 0) is 50.1 Å². The number of hydrogen-bond acceptors (Lipinski definition) is 2. The van der Waals surface area contributed by atoms with E-state index in [1.807, 2.05) is 63.2 Å². The lowest BCUT2D eigenvalue weighted by Gasteiger charge is -2.12. The average Bonchev–Trinajstić information content (AvgIpc) is 2.42. The predicted octanol–water partition coefficient (Wildman–Crippen LogP) is 3.97. The van der Waals surface area contributed by atoms with Crippen LogP contribution < -0.4 is 16.4 Å². The Bertz CT molecular complexity index is 650. The van der Waals surface area contributed by atoms with Crippen molar-refractivity contribution in [2.45, 2.75) is 26.8 Å². The zero-order valence-electron chi connectivity index (χ0n) is 12.6. The normalized spacial score (nSPS) is 11.8. The van der Waals surface area contributed by atoms with E-state index in [9.17, 15) is 4.79 Å². The monoisotopic (exact) mass is 283 g/mol. The molecule has 0 fully saturated rings. The summed E-state index contributed by atoms with van der Waals surface area (Å²) in [6.07, 6.45) is 0. The van der Waals surface area contributed by atoms with E-state index in [4.69, 9.17) is 5.73 Å². The van der Waals surface area contributed by atoms with Crippen LogP contribution in [0.25, 0.3) is 0 Å². The van der Waals surface area contributed by atoms with Gasteiger partial charge in [-0.1, -0.05) is 29.8 Å². The van der Waals surface area contributed by atoms with Gasteiger partial charge in [0.25, 0.3) is 0 Å². The molecule has 2 aromatic carbocycles. The maximum Gasteiger partial charge on any atom is 0.323 e. The molecule has 2 aromatic rings. The Morgan fingerprint density at radius 3 is 2.52 bits per heavy atom. The minimum absolute atomic E-state index is 0.0610. The lowest BCUT2D eigenvalue weighted by atomic mass is 10.1. The highest BCUT2D eigenvalue weighted by molar-refractivity contribution is 6.00. The zero-order chi connectivity index (χ0) is 15.4. The van der Waals surface area contributed by atoms with Gasteiger partial charge in [-0.15, -0.1) is 0 Å². The van der Waals surface area contributed by atoms with Gasteiger partial charge in [0.2, 0.25) is 0 Å². The van der Waals surface area contributed by atoms with E-state index < -0.39 is 0 Å². The summed E-state index contributed by atoms with van der Waals surface area (Å²) >= 11 is 0. The number of amides is 2. The molecule has 4 nitrogen and oxygen atoms in total. The summed E-state index contributed by atoms with van der Waals surface area (Å²) in [4.78, 5) is 12.0. The number of anilines is 2. The second-order valence-corrected chi connectivity index (χ2v) is 5.31. The Hall–Kier alpha value is -2.33. The van der Waals surface area contributed by atoms with Crippen LogP contribution in [0.5, 0.6) is 0 Å². The van der Waals surface area contributed by atoms with E-state index in [2.05, 4.69) is 10.6 Å². The second-order valence-electron chi connectivity index (χ2n) is 5.31. The summed E-state index contributed by atoms with van der Waals surface area (Å²) in [7, 11) is 0. The fourth-order valence-electron chi connectivity index (χ4n) is 2.14. The van der Waals surface area contributed by atoms with Crippen LogP contribution >= 0.6 is 0 Å². The molecule has 2 amide bonds. The summed E-state index contributed by atoms with van der Waals surface area (Å²) in [5, 5.41) is 5.68. The molecule has 0 heterocycles. The number of hydrogen-bond donors (Lipinski definition) is 3. The highest BCUT2D eigenvalue weighted by atomic mass is 16.2. The first-order valence-corrected chi connectivity index (χ1v) is 6.96. The van der Waals surface area contributed by atoms with E-state index >= 15 is 0 Å². The van der Waals surface area contributed by atoms with Crippen molar-refractivity contribution < 1.29 is 4.79 Å². The maximum atomic E-state index is 12.0. The molecule has 1 unspecified atom stereocenters. The van der Waals surface area contributed by atoms with Gasteiger partial charge in [0.1, 0.15) is 0 Å².